The van der Waals surface area contributed by atoms with E-state index in [2.05, 4.69) is 0 Å². The first-order valence-corrected chi connectivity index (χ1v) is 11.2. The molecule has 4 rings (SSSR count). The predicted molar refractivity (Wildman–Crippen MR) is 128 cm³/mol. The molecule has 1 heterocycles. The summed E-state index contributed by atoms with van der Waals surface area (Å²) in [6.07, 6.45) is 0. The van der Waals surface area contributed by atoms with Gasteiger partial charge in [-0.1, -0.05) is 12.1 Å². The molecule has 3 aromatic rings. The number of nitrogens with zero attached hydrogens (tertiary/aromatic N) is 1. The molecule has 1 atom stereocenters. The van der Waals surface area contributed by atoms with Crippen LogP contribution in [0, 0.1) is 11.6 Å². The molecule has 0 bridgehead atoms. The van der Waals surface area contributed by atoms with E-state index in [1.54, 1.807) is 19.1 Å². The van der Waals surface area contributed by atoms with Gasteiger partial charge < -0.3 is 19.7 Å². The minimum Gasteiger partial charge on any atom is -0.508 e. The molecule has 186 valence electrons. The Bertz CT molecular complexity index is 1350. The Kier molecular flexibility index (Phi) is 6.91. The highest BCUT2D eigenvalue weighted by molar-refractivity contribution is 6.51. The van der Waals surface area contributed by atoms with Crippen molar-refractivity contribution in [3.8, 4) is 17.2 Å². The van der Waals surface area contributed by atoms with Gasteiger partial charge in [-0.3, -0.25) is 14.5 Å². The SMILES string of the molecule is CCOc1ccc(/C(O)=C2/C(=O)C(=O)N(c3ccc(F)c(F)c3)C2c2ccc(O)cc2)c(OCC)c1. The number of benzene rings is 3. The Hall–Kier alpha value is -4.40. The summed E-state index contributed by atoms with van der Waals surface area (Å²) < 4.78 is 38.8. The van der Waals surface area contributed by atoms with E-state index in [9.17, 15) is 28.6 Å². The summed E-state index contributed by atoms with van der Waals surface area (Å²) >= 11 is 0. The minimum atomic E-state index is -1.20. The van der Waals surface area contributed by atoms with E-state index in [4.69, 9.17) is 9.47 Å². The van der Waals surface area contributed by atoms with Crippen LogP contribution in [0.4, 0.5) is 14.5 Å². The largest absolute Gasteiger partial charge is 0.508 e. The molecule has 1 saturated heterocycles. The third kappa shape index (κ3) is 4.47. The van der Waals surface area contributed by atoms with Gasteiger partial charge in [0.15, 0.2) is 11.6 Å². The topological polar surface area (TPSA) is 96.3 Å². The quantitative estimate of drug-likeness (QED) is 0.269. The second kappa shape index (κ2) is 10.1. The fourth-order valence-electron chi connectivity index (χ4n) is 4.08. The van der Waals surface area contributed by atoms with Gasteiger partial charge in [0.2, 0.25) is 0 Å². The van der Waals surface area contributed by atoms with Crippen LogP contribution in [-0.2, 0) is 9.59 Å². The number of Topliss-reactive ketones (excluding diaryl/α,β-unsaturated/α-hetero) is 1. The molecule has 0 saturated carbocycles. The van der Waals surface area contributed by atoms with Crippen LogP contribution in [0.2, 0.25) is 0 Å². The van der Waals surface area contributed by atoms with Crippen molar-refractivity contribution in [1.29, 1.82) is 0 Å². The monoisotopic (exact) mass is 495 g/mol. The minimum absolute atomic E-state index is 0.0614. The highest BCUT2D eigenvalue weighted by Crippen LogP contribution is 2.44. The number of phenols is 1. The van der Waals surface area contributed by atoms with Crippen LogP contribution in [0.1, 0.15) is 31.0 Å². The van der Waals surface area contributed by atoms with E-state index >= 15 is 0 Å². The average molecular weight is 495 g/mol. The second-order valence-corrected chi connectivity index (χ2v) is 7.88. The first-order valence-electron chi connectivity index (χ1n) is 11.2. The Morgan fingerprint density at radius 2 is 1.61 bits per heavy atom. The van der Waals surface area contributed by atoms with Crippen molar-refractivity contribution in [2.45, 2.75) is 19.9 Å². The third-order valence-electron chi connectivity index (χ3n) is 5.65. The van der Waals surface area contributed by atoms with Gasteiger partial charge in [0.25, 0.3) is 11.7 Å². The highest BCUT2D eigenvalue weighted by Gasteiger charge is 2.47. The van der Waals surface area contributed by atoms with Gasteiger partial charge in [0.1, 0.15) is 23.0 Å². The summed E-state index contributed by atoms with van der Waals surface area (Å²) in [4.78, 5) is 27.4. The van der Waals surface area contributed by atoms with Gasteiger partial charge in [-0.2, -0.15) is 0 Å². The number of phenolic OH excluding ortho intramolecular Hbond substituents is 1. The Labute approximate surface area is 205 Å². The zero-order valence-corrected chi connectivity index (χ0v) is 19.5. The molecular weight excluding hydrogens is 472 g/mol. The van der Waals surface area contributed by atoms with Gasteiger partial charge in [0, 0.05) is 17.8 Å². The first-order chi connectivity index (χ1) is 17.3. The van der Waals surface area contributed by atoms with E-state index in [1.165, 1.54) is 36.4 Å². The number of carbonyl (C=O) groups excluding carboxylic acids is 2. The Balaban J connectivity index is 1.95. The molecule has 0 spiro atoms. The number of anilines is 1. The lowest BCUT2D eigenvalue weighted by Gasteiger charge is -2.25. The van der Waals surface area contributed by atoms with E-state index in [0.29, 0.717) is 17.9 Å². The summed E-state index contributed by atoms with van der Waals surface area (Å²) in [5.74, 6) is -4.25. The molecular formula is C27H23F2NO6. The summed E-state index contributed by atoms with van der Waals surface area (Å²) in [5.41, 5.74) is 0.139. The Morgan fingerprint density at radius 3 is 2.25 bits per heavy atom. The molecule has 0 aromatic heterocycles. The third-order valence-corrected chi connectivity index (χ3v) is 5.65. The molecule has 1 fully saturated rings. The molecule has 9 heteroatoms. The van der Waals surface area contributed by atoms with E-state index < -0.39 is 35.1 Å². The number of hydrogen-bond acceptors (Lipinski definition) is 6. The maximum atomic E-state index is 14.1. The molecule has 2 N–H and O–H groups in total. The smallest absolute Gasteiger partial charge is 0.300 e. The molecule has 7 nitrogen and oxygen atoms in total. The number of hydrogen-bond donors (Lipinski definition) is 2. The van der Waals surface area contributed by atoms with Crippen LogP contribution in [-0.4, -0.2) is 35.1 Å². The molecule has 36 heavy (non-hydrogen) atoms. The summed E-state index contributed by atoms with van der Waals surface area (Å²) in [6.45, 7) is 4.21. The average Bonchev–Trinajstić information content (AvgIpc) is 3.12. The van der Waals surface area contributed by atoms with Gasteiger partial charge in [-0.15, -0.1) is 0 Å². The summed E-state index contributed by atoms with van der Waals surface area (Å²) in [6, 6.07) is 11.9. The van der Waals surface area contributed by atoms with Crippen molar-refractivity contribution in [3.63, 3.8) is 0 Å². The van der Waals surface area contributed by atoms with Crippen molar-refractivity contribution in [1.82, 2.24) is 0 Å². The maximum Gasteiger partial charge on any atom is 0.300 e. The highest BCUT2D eigenvalue weighted by atomic mass is 19.2. The number of amides is 1. The van der Waals surface area contributed by atoms with Crippen LogP contribution < -0.4 is 14.4 Å². The molecule has 0 aliphatic carbocycles. The molecule has 1 amide bonds. The van der Waals surface area contributed by atoms with Crippen molar-refractivity contribution < 1.29 is 38.1 Å². The van der Waals surface area contributed by atoms with Crippen molar-refractivity contribution >= 4 is 23.1 Å². The number of aliphatic hydroxyl groups excluding tert-OH is 1. The number of rotatable bonds is 7. The number of halogens is 2. The van der Waals surface area contributed by atoms with Crippen LogP contribution in [0.15, 0.2) is 66.2 Å². The zero-order chi connectivity index (χ0) is 26.0. The fraction of sp³-hybridized carbons (Fsp3) is 0.185. The zero-order valence-electron chi connectivity index (χ0n) is 19.5. The maximum absolute atomic E-state index is 14.1. The van der Waals surface area contributed by atoms with Crippen LogP contribution in [0.5, 0.6) is 17.2 Å². The molecule has 1 unspecified atom stereocenters. The van der Waals surface area contributed by atoms with Crippen LogP contribution >= 0.6 is 0 Å². The first kappa shape index (κ1) is 24.7. The number of carbonyl (C=O) groups is 2. The lowest BCUT2D eigenvalue weighted by molar-refractivity contribution is -0.132. The van der Waals surface area contributed by atoms with Crippen molar-refractivity contribution in [2.24, 2.45) is 0 Å². The van der Waals surface area contributed by atoms with Gasteiger partial charge in [-0.05, 0) is 55.8 Å². The Morgan fingerprint density at radius 1 is 0.917 bits per heavy atom. The number of ketones is 1. The number of aromatic hydroxyl groups is 1. The predicted octanol–water partition coefficient (Wildman–Crippen LogP) is 5.09. The van der Waals surface area contributed by atoms with Crippen LogP contribution in [0.3, 0.4) is 0 Å². The van der Waals surface area contributed by atoms with E-state index in [-0.39, 0.29) is 34.9 Å². The lowest BCUT2D eigenvalue weighted by atomic mass is 9.94. The molecule has 1 aliphatic heterocycles. The van der Waals surface area contributed by atoms with Gasteiger partial charge >= 0.3 is 0 Å². The second-order valence-electron chi connectivity index (χ2n) is 7.88. The normalized spacial score (nSPS) is 16.9. The van der Waals surface area contributed by atoms with Gasteiger partial charge in [-0.25, -0.2) is 8.78 Å². The standard InChI is InChI=1S/C27H23F2NO6/c1-3-35-18-10-11-19(22(14-18)36-4-2)25(32)23-24(15-5-8-17(31)9-6-15)30(27(34)26(23)33)16-7-12-20(28)21(29)13-16/h5-14,24,31-32H,3-4H2,1-2H3/b25-23-. The van der Waals surface area contributed by atoms with Crippen LogP contribution in [0.25, 0.3) is 5.76 Å². The fourth-order valence-corrected chi connectivity index (χ4v) is 4.08. The molecule has 0 radical (unpaired) electrons. The lowest BCUT2D eigenvalue weighted by Crippen LogP contribution is -2.29. The van der Waals surface area contributed by atoms with Crippen molar-refractivity contribution in [3.05, 3.63) is 89.0 Å². The molecule has 1 aliphatic rings. The van der Waals surface area contributed by atoms with E-state index in [1.807, 2.05) is 6.92 Å². The van der Waals surface area contributed by atoms with E-state index in [0.717, 1.165) is 17.0 Å². The van der Waals surface area contributed by atoms with Gasteiger partial charge in [0.05, 0.1) is 30.4 Å². The number of aliphatic hydroxyl groups is 1. The van der Waals surface area contributed by atoms with Crippen molar-refractivity contribution in [2.75, 3.05) is 18.1 Å². The summed E-state index contributed by atoms with van der Waals surface area (Å²) in [7, 11) is 0. The number of ether oxygens (including phenoxy) is 2. The summed E-state index contributed by atoms with van der Waals surface area (Å²) in [5, 5.41) is 21.1. The molecule has 3 aromatic carbocycles.